The molecule has 1 unspecified atom stereocenters. The Morgan fingerprint density at radius 1 is 1.40 bits per heavy atom. The van der Waals surface area contributed by atoms with Gasteiger partial charge in [-0.2, -0.15) is 0 Å². The summed E-state index contributed by atoms with van der Waals surface area (Å²) in [5.41, 5.74) is 6.99. The molecule has 84 valence electrons. The van der Waals surface area contributed by atoms with Crippen molar-refractivity contribution in [3.8, 4) is 0 Å². The average molecular weight is 224 g/mol. The van der Waals surface area contributed by atoms with Gasteiger partial charge in [0, 0.05) is 12.2 Å². The molecule has 2 N–H and O–H groups in total. The highest BCUT2D eigenvalue weighted by Gasteiger charge is 2.02. The molecule has 0 saturated carbocycles. The van der Waals surface area contributed by atoms with Crippen molar-refractivity contribution < 1.29 is 0 Å². The number of hydrogen-bond acceptors (Lipinski definition) is 3. The molecule has 3 heteroatoms. The number of thioether (sulfide) groups is 1. The summed E-state index contributed by atoms with van der Waals surface area (Å²) in [6.07, 6.45) is 3.07. The van der Waals surface area contributed by atoms with E-state index in [1.54, 1.807) is 0 Å². The highest BCUT2D eigenvalue weighted by molar-refractivity contribution is 7.99. The van der Waals surface area contributed by atoms with Crippen molar-refractivity contribution in [1.82, 2.24) is 4.98 Å². The first kappa shape index (κ1) is 12.5. The van der Waals surface area contributed by atoms with E-state index in [0.717, 1.165) is 22.3 Å². The maximum absolute atomic E-state index is 5.82. The summed E-state index contributed by atoms with van der Waals surface area (Å²) in [5.74, 6) is 1.89. The molecule has 15 heavy (non-hydrogen) atoms. The highest BCUT2D eigenvalue weighted by Crippen LogP contribution is 2.20. The Morgan fingerprint density at radius 3 is 2.73 bits per heavy atom. The number of hydrogen-bond donors (Lipinski definition) is 1. The molecular formula is C12H20N2S. The van der Waals surface area contributed by atoms with Crippen molar-refractivity contribution in [3.63, 3.8) is 0 Å². The van der Waals surface area contributed by atoms with Crippen LogP contribution < -0.4 is 5.73 Å². The van der Waals surface area contributed by atoms with Crippen LogP contribution in [0.5, 0.6) is 0 Å². The predicted octanol–water partition coefficient (Wildman–Crippen LogP) is 3.24. The summed E-state index contributed by atoms with van der Waals surface area (Å²) >= 11 is 1.81. The summed E-state index contributed by atoms with van der Waals surface area (Å²) in [7, 11) is 0. The first-order valence-corrected chi connectivity index (χ1v) is 6.42. The zero-order chi connectivity index (χ0) is 11.3. The van der Waals surface area contributed by atoms with Crippen LogP contribution in [0.15, 0.2) is 23.4 Å². The fraction of sp³-hybridized carbons (Fsp3) is 0.583. The van der Waals surface area contributed by atoms with E-state index in [9.17, 15) is 0 Å². The molecule has 0 aliphatic heterocycles. The van der Waals surface area contributed by atoms with Crippen LogP contribution in [0.2, 0.25) is 0 Å². The minimum Gasteiger partial charge on any atom is -0.324 e. The van der Waals surface area contributed by atoms with E-state index in [4.69, 9.17) is 5.73 Å². The number of nitrogens with zero attached hydrogens (tertiary/aromatic N) is 1. The van der Waals surface area contributed by atoms with Gasteiger partial charge >= 0.3 is 0 Å². The van der Waals surface area contributed by atoms with Gasteiger partial charge < -0.3 is 5.73 Å². The van der Waals surface area contributed by atoms with Gasteiger partial charge in [-0.05, 0) is 42.7 Å². The Balaban J connectivity index is 2.50. The lowest BCUT2D eigenvalue weighted by Gasteiger charge is -2.07. The van der Waals surface area contributed by atoms with Crippen LogP contribution >= 0.6 is 11.8 Å². The summed E-state index contributed by atoms with van der Waals surface area (Å²) in [5, 5.41) is 1.09. The van der Waals surface area contributed by atoms with Crippen LogP contribution in [0, 0.1) is 5.92 Å². The lowest BCUT2D eigenvalue weighted by molar-refractivity contribution is 0.632. The van der Waals surface area contributed by atoms with E-state index >= 15 is 0 Å². The molecule has 1 atom stereocenters. The fourth-order valence-corrected chi connectivity index (χ4v) is 2.34. The van der Waals surface area contributed by atoms with Crippen LogP contribution in [0.4, 0.5) is 0 Å². The van der Waals surface area contributed by atoms with Gasteiger partial charge in [-0.25, -0.2) is 4.98 Å². The predicted molar refractivity (Wildman–Crippen MR) is 67.0 cm³/mol. The molecular weight excluding hydrogens is 204 g/mol. The topological polar surface area (TPSA) is 38.9 Å². The van der Waals surface area contributed by atoms with Crippen molar-refractivity contribution in [1.29, 1.82) is 0 Å². The van der Waals surface area contributed by atoms with Gasteiger partial charge in [0.2, 0.25) is 0 Å². The maximum atomic E-state index is 5.82. The van der Waals surface area contributed by atoms with Gasteiger partial charge in [-0.1, -0.05) is 13.8 Å². The lowest BCUT2D eigenvalue weighted by atomic mass is 10.1. The Kier molecular flexibility index (Phi) is 5.12. The van der Waals surface area contributed by atoms with Crippen LogP contribution in [-0.2, 0) is 0 Å². The Hall–Kier alpha value is -0.540. The summed E-state index contributed by atoms with van der Waals surface area (Å²) in [6.45, 7) is 6.48. The Morgan fingerprint density at radius 2 is 2.13 bits per heavy atom. The van der Waals surface area contributed by atoms with Crippen molar-refractivity contribution in [2.24, 2.45) is 11.7 Å². The summed E-state index contributed by atoms with van der Waals surface area (Å²) < 4.78 is 0. The Labute approximate surface area is 96.7 Å². The van der Waals surface area contributed by atoms with Crippen molar-refractivity contribution in [2.75, 3.05) is 5.75 Å². The molecule has 0 aromatic carbocycles. The van der Waals surface area contributed by atoms with Crippen LogP contribution in [0.1, 0.15) is 38.8 Å². The molecule has 0 spiro atoms. The third kappa shape index (κ3) is 4.67. The zero-order valence-corrected chi connectivity index (χ0v) is 10.6. The first-order valence-electron chi connectivity index (χ1n) is 5.44. The molecule has 2 nitrogen and oxygen atoms in total. The van der Waals surface area contributed by atoms with E-state index in [2.05, 4.69) is 24.9 Å². The zero-order valence-electron chi connectivity index (χ0n) is 9.73. The molecule has 1 aromatic rings. The van der Waals surface area contributed by atoms with Crippen LogP contribution in [0.25, 0.3) is 0 Å². The first-order chi connectivity index (χ1) is 7.09. The number of rotatable bonds is 5. The van der Waals surface area contributed by atoms with Gasteiger partial charge in [0.15, 0.2) is 0 Å². The second-order valence-corrected chi connectivity index (χ2v) is 5.36. The summed E-state index contributed by atoms with van der Waals surface area (Å²) in [4.78, 5) is 4.33. The van der Waals surface area contributed by atoms with Gasteiger partial charge in [0.1, 0.15) is 0 Å². The van der Waals surface area contributed by atoms with E-state index in [0.29, 0.717) is 0 Å². The Bertz CT molecular complexity index is 297. The van der Waals surface area contributed by atoms with Crippen LogP contribution in [-0.4, -0.2) is 10.7 Å². The van der Waals surface area contributed by atoms with E-state index in [-0.39, 0.29) is 6.04 Å². The lowest BCUT2D eigenvalue weighted by Crippen LogP contribution is -2.05. The number of pyridine rings is 1. The van der Waals surface area contributed by atoms with Gasteiger partial charge in [0.05, 0.1) is 5.03 Å². The molecule has 0 aliphatic rings. The second-order valence-electron chi connectivity index (χ2n) is 4.25. The highest BCUT2D eigenvalue weighted by atomic mass is 32.2. The molecule has 1 heterocycles. The van der Waals surface area contributed by atoms with E-state index < -0.39 is 0 Å². The van der Waals surface area contributed by atoms with Crippen molar-refractivity contribution in [3.05, 3.63) is 23.9 Å². The van der Waals surface area contributed by atoms with Gasteiger partial charge in [0.25, 0.3) is 0 Å². The molecule has 0 bridgehead atoms. The average Bonchev–Trinajstić information content (AvgIpc) is 2.17. The minimum atomic E-state index is 0.0949. The molecule has 0 radical (unpaired) electrons. The number of aromatic nitrogens is 1. The normalized spacial score (nSPS) is 13.1. The van der Waals surface area contributed by atoms with Crippen molar-refractivity contribution in [2.45, 2.75) is 38.3 Å². The molecule has 0 aliphatic carbocycles. The molecule has 0 fully saturated rings. The molecule has 0 saturated heterocycles. The molecule has 0 amide bonds. The smallest absolute Gasteiger partial charge is 0.0963 e. The molecule has 1 aromatic heterocycles. The quantitative estimate of drug-likeness (QED) is 0.780. The molecule has 1 rings (SSSR count). The fourth-order valence-electron chi connectivity index (χ4n) is 1.19. The standard InChI is InChI=1S/C12H20N2S/c1-9(2)5-7-15-12-8-11(10(3)13)4-6-14-12/h4,6,8-10H,5,7,13H2,1-3H3. The SMILES string of the molecule is CC(C)CCSc1cc(C(C)N)ccn1. The van der Waals surface area contributed by atoms with Gasteiger partial charge in [-0.3, -0.25) is 0 Å². The minimum absolute atomic E-state index is 0.0949. The van der Waals surface area contributed by atoms with Crippen LogP contribution in [0.3, 0.4) is 0 Å². The summed E-state index contributed by atoms with van der Waals surface area (Å²) in [6, 6.07) is 4.17. The van der Waals surface area contributed by atoms with E-state index in [1.165, 1.54) is 6.42 Å². The van der Waals surface area contributed by atoms with Crippen molar-refractivity contribution >= 4 is 11.8 Å². The third-order valence-corrected chi connectivity index (χ3v) is 3.19. The largest absolute Gasteiger partial charge is 0.324 e. The van der Waals surface area contributed by atoms with Gasteiger partial charge in [-0.15, -0.1) is 11.8 Å². The second kappa shape index (κ2) is 6.13. The number of nitrogens with two attached hydrogens (primary N) is 1. The monoisotopic (exact) mass is 224 g/mol. The third-order valence-electron chi connectivity index (χ3n) is 2.23. The maximum Gasteiger partial charge on any atom is 0.0963 e. The van der Waals surface area contributed by atoms with E-state index in [1.807, 2.05) is 30.9 Å².